The maximum Gasteiger partial charge on any atom is 2.00 e. The molecule has 216 valence electrons. The predicted octanol–water partition coefficient (Wildman–Crippen LogP) is 4.76. The van der Waals surface area contributed by atoms with E-state index in [2.05, 4.69) is 23.1 Å². The van der Waals surface area contributed by atoms with Gasteiger partial charge >= 0.3 is 27.3 Å². The molecule has 0 amide bonds. The quantitative estimate of drug-likeness (QED) is 0.318. The molecule has 9 heteroatoms. The van der Waals surface area contributed by atoms with Crippen molar-refractivity contribution in [3.8, 4) is 0 Å². The molecule has 0 aromatic carbocycles. The second-order valence-corrected chi connectivity index (χ2v) is 10.7. The van der Waals surface area contributed by atoms with Crippen LogP contribution >= 0.6 is 0 Å². The molecule has 0 aliphatic carbocycles. The summed E-state index contributed by atoms with van der Waals surface area (Å²) in [6, 6.07) is 7.78. The Morgan fingerprint density at radius 1 is 0.674 bits per heavy atom. The Balaban J connectivity index is 0.00000423. The van der Waals surface area contributed by atoms with Crippen molar-refractivity contribution in [2.24, 2.45) is 0 Å². The zero-order valence-corrected chi connectivity index (χ0v) is 28.6. The standard InChI is InChI=1S/C34H34N4O4.Pb/c1-7-21-17(3)25-13-26-19(5)23(9-11-33(39)40)31(37-26)16-32-24(10-12-34(41)42)20(6)28(38-32)15-30-22(8-2)18(4)27(36-30)14-29(21)35-25;/h7-8,13-16,35-36H,1-2,9-12H2,3-6H3,(H,39,40)(H,41,42);/q;+2/p-2. The summed E-state index contributed by atoms with van der Waals surface area (Å²) in [4.78, 5) is 39.7. The zero-order valence-electron chi connectivity index (χ0n) is 24.7. The number of carboxylic acid groups (broad SMARTS) is 2. The van der Waals surface area contributed by atoms with Crippen molar-refractivity contribution in [2.45, 2.75) is 53.4 Å². The Hall–Kier alpha value is -4.06. The summed E-state index contributed by atoms with van der Waals surface area (Å²) in [7, 11) is 0. The van der Waals surface area contributed by atoms with E-state index in [-0.39, 0.29) is 53.0 Å². The number of fused-ring (bicyclic) bond motifs is 8. The van der Waals surface area contributed by atoms with Crippen LogP contribution in [-0.4, -0.2) is 59.2 Å². The van der Waals surface area contributed by atoms with E-state index < -0.39 is 11.9 Å². The summed E-state index contributed by atoms with van der Waals surface area (Å²) in [5.74, 6) is -2.29. The fourth-order valence-corrected chi connectivity index (χ4v) is 5.76. The van der Waals surface area contributed by atoms with Gasteiger partial charge < -0.3 is 29.8 Å². The van der Waals surface area contributed by atoms with E-state index in [1.54, 1.807) is 6.08 Å². The van der Waals surface area contributed by atoms with Crippen molar-refractivity contribution in [3.63, 3.8) is 0 Å². The van der Waals surface area contributed by atoms with Gasteiger partial charge in [0.15, 0.2) is 0 Å². The van der Waals surface area contributed by atoms with E-state index in [4.69, 9.17) is 9.97 Å². The number of hydrogen-bond donors (Lipinski definition) is 2. The molecule has 2 aliphatic heterocycles. The molecule has 0 spiro atoms. The maximum atomic E-state index is 11.4. The molecule has 3 aromatic heterocycles. The van der Waals surface area contributed by atoms with Crippen molar-refractivity contribution in [2.75, 3.05) is 0 Å². The molecule has 43 heavy (non-hydrogen) atoms. The van der Waals surface area contributed by atoms with Crippen LogP contribution in [0.15, 0.2) is 37.4 Å². The Morgan fingerprint density at radius 3 is 1.49 bits per heavy atom. The first-order valence-corrected chi connectivity index (χ1v) is 13.8. The molecule has 5 heterocycles. The third-order valence-corrected chi connectivity index (χ3v) is 8.20. The molecular weight excluding hydrogens is 736 g/mol. The third-order valence-electron chi connectivity index (χ3n) is 8.20. The first kappa shape index (κ1) is 31.9. The van der Waals surface area contributed by atoms with Gasteiger partial charge in [-0.2, -0.15) is 0 Å². The van der Waals surface area contributed by atoms with E-state index in [9.17, 15) is 19.8 Å². The van der Waals surface area contributed by atoms with Crippen molar-refractivity contribution in [1.29, 1.82) is 0 Å². The number of aliphatic carboxylic acids is 2. The van der Waals surface area contributed by atoms with E-state index >= 15 is 0 Å². The minimum Gasteiger partial charge on any atom is -0.550 e. The largest absolute Gasteiger partial charge is 2.00 e. The van der Waals surface area contributed by atoms with E-state index in [0.717, 1.165) is 66.6 Å². The van der Waals surface area contributed by atoms with Crippen LogP contribution in [0, 0.1) is 13.8 Å². The van der Waals surface area contributed by atoms with Crippen LogP contribution in [0.5, 0.6) is 0 Å². The van der Waals surface area contributed by atoms with E-state index in [0.29, 0.717) is 22.8 Å². The second kappa shape index (κ2) is 12.7. The average molecular weight is 768 g/mol. The number of carbonyl (C=O) groups excluding carboxylic acids is 2. The summed E-state index contributed by atoms with van der Waals surface area (Å²) in [5, 5.41) is 22.8. The minimum absolute atomic E-state index is 0. The number of aromatic nitrogens is 4. The molecule has 2 aliphatic rings. The number of hydrogen-bond acceptors (Lipinski definition) is 6. The SMILES string of the molecule is C=Cc1c(C)c2cc3[nH]c(cc4nc(cc5nc(cc1[nH]2)C(C)=C5CCC(=O)[O-])C(CCC(=O)[O-])=C4C)c(C)c3C=C.[Pb+2]. The molecular formula is C34H32N4O4Pb. The molecule has 2 N–H and O–H groups in total. The molecule has 0 fully saturated rings. The monoisotopic (exact) mass is 768 g/mol. The van der Waals surface area contributed by atoms with Crippen molar-refractivity contribution >= 4 is 95.7 Å². The van der Waals surface area contributed by atoms with Gasteiger partial charge in [-0.15, -0.1) is 0 Å². The molecule has 3 aromatic rings. The first-order valence-electron chi connectivity index (χ1n) is 13.8. The van der Waals surface area contributed by atoms with Gasteiger partial charge in [0, 0.05) is 45.1 Å². The fraction of sp³-hybridized carbons (Fsp3) is 0.235. The van der Waals surface area contributed by atoms with Gasteiger partial charge in [0.2, 0.25) is 0 Å². The number of carbonyl (C=O) groups is 2. The number of carboxylic acids is 2. The number of nitrogens with one attached hydrogen (secondary N) is 2. The van der Waals surface area contributed by atoms with E-state index in [1.165, 1.54) is 0 Å². The Kier molecular flexibility index (Phi) is 9.39. The summed E-state index contributed by atoms with van der Waals surface area (Å²) in [6.45, 7) is 16.0. The van der Waals surface area contributed by atoms with Gasteiger partial charge in [0.25, 0.3) is 0 Å². The van der Waals surface area contributed by atoms with Gasteiger partial charge in [-0.05, 0) is 111 Å². The van der Waals surface area contributed by atoms with Crippen LogP contribution in [0.3, 0.4) is 0 Å². The van der Waals surface area contributed by atoms with Crippen LogP contribution in [0.2, 0.25) is 0 Å². The molecule has 0 saturated heterocycles. The van der Waals surface area contributed by atoms with Crippen molar-refractivity contribution in [1.82, 2.24) is 19.9 Å². The fourth-order valence-electron chi connectivity index (χ4n) is 5.76. The topological polar surface area (TPSA) is 138 Å². The van der Waals surface area contributed by atoms with Gasteiger partial charge in [-0.1, -0.05) is 25.3 Å². The van der Waals surface area contributed by atoms with Crippen LogP contribution in [0.25, 0.3) is 56.5 Å². The van der Waals surface area contributed by atoms with Crippen LogP contribution < -0.4 is 10.2 Å². The first-order chi connectivity index (χ1) is 20.0. The Morgan fingerprint density at radius 2 is 1.07 bits per heavy atom. The Labute approximate surface area is 270 Å². The van der Waals surface area contributed by atoms with Crippen molar-refractivity contribution in [3.05, 3.63) is 82.5 Å². The summed E-state index contributed by atoms with van der Waals surface area (Å²) >= 11 is 0. The molecule has 0 unspecified atom stereocenters. The third kappa shape index (κ3) is 6.06. The van der Waals surface area contributed by atoms with Crippen molar-refractivity contribution < 1.29 is 19.8 Å². The van der Waals surface area contributed by atoms with Gasteiger partial charge in [0.05, 0.1) is 22.8 Å². The van der Waals surface area contributed by atoms with Gasteiger partial charge in [0.1, 0.15) is 0 Å². The zero-order chi connectivity index (χ0) is 30.3. The minimum atomic E-state index is -1.15. The number of rotatable bonds is 8. The normalized spacial score (nSPS) is 12.7. The number of allylic oxidation sites excluding steroid dienone is 4. The van der Waals surface area contributed by atoms with Crippen LogP contribution in [0.4, 0.5) is 0 Å². The molecule has 8 nitrogen and oxygen atoms in total. The molecule has 0 saturated carbocycles. The molecule has 2 radical (unpaired) electrons. The predicted molar refractivity (Wildman–Crippen MR) is 170 cm³/mol. The number of nitrogens with zero attached hydrogens (tertiary/aromatic N) is 2. The second-order valence-electron chi connectivity index (χ2n) is 10.7. The van der Waals surface area contributed by atoms with Crippen LogP contribution in [-0.2, 0) is 9.59 Å². The molecule has 5 rings (SSSR count). The number of aromatic amines is 2. The summed E-state index contributed by atoms with van der Waals surface area (Å²) < 4.78 is 0. The summed E-state index contributed by atoms with van der Waals surface area (Å²) in [5.41, 5.74) is 13.3. The smallest absolute Gasteiger partial charge is 0.550 e. The summed E-state index contributed by atoms with van der Waals surface area (Å²) in [6.07, 6.45) is 3.79. The number of H-pyrrole nitrogens is 2. The Bertz CT molecular complexity index is 1920. The van der Waals surface area contributed by atoms with Gasteiger partial charge in [-0.3, -0.25) is 0 Å². The molecule has 0 atom stereocenters. The molecule has 8 bridgehead atoms. The van der Waals surface area contributed by atoms with E-state index in [1.807, 2.05) is 58.0 Å². The number of aryl methyl sites for hydroxylation is 2. The van der Waals surface area contributed by atoms with Gasteiger partial charge in [-0.25, -0.2) is 9.97 Å². The average Bonchev–Trinajstić information content (AvgIpc) is 3.59. The maximum absolute atomic E-state index is 11.4. The van der Waals surface area contributed by atoms with Crippen LogP contribution in [0.1, 0.15) is 84.6 Å².